The molecule has 0 atom stereocenters. The number of hydrogen-bond donors (Lipinski definition) is 4. The van der Waals surface area contributed by atoms with Crippen LogP contribution >= 0.6 is 11.6 Å². The number of phenols is 2. The zero-order chi connectivity index (χ0) is 16.3. The van der Waals surface area contributed by atoms with E-state index in [4.69, 9.17) is 16.7 Å². The second-order valence-electron chi connectivity index (χ2n) is 4.21. The highest BCUT2D eigenvalue weighted by molar-refractivity contribution is 7.89. The molecule has 0 aliphatic carbocycles. The fourth-order valence-electron chi connectivity index (χ4n) is 1.57. The minimum atomic E-state index is -3.97. The lowest BCUT2D eigenvalue weighted by atomic mass is 10.2. The second kappa shape index (κ2) is 6.22. The number of nitrogens with one attached hydrogen (secondary N) is 2. The lowest BCUT2D eigenvalue weighted by molar-refractivity contribution is 0.0942. The number of carbonyl (C=O) groups excluding carboxylic acids is 1. The number of sulfonamides is 1. The number of benzene rings is 2. The third kappa shape index (κ3) is 3.67. The van der Waals surface area contributed by atoms with Crippen LogP contribution in [0.1, 0.15) is 10.4 Å². The summed E-state index contributed by atoms with van der Waals surface area (Å²) in [4.78, 5) is 13.6. The molecule has 0 aromatic heterocycles. The molecule has 2 aromatic rings. The van der Waals surface area contributed by atoms with Gasteiger partial charge in [0.2, 0.25) is 0 Å². The molecule has 7 nitrogen and oxygen atoms in total. The molecule has 0 heterocycles. The Morgan fingerprint density at radius 1 is 1.05 bits per heavy atom. The van der Waals surface area contributed by atoms with Crippen LogP contribution in [0.3, 0.4) is 0 Å². The summed E-state index contributed by atoms with van der Waals surface area (Å²) in [6.45, 7) is 0. The SMILES string of the molecule is O=C(NNS(=O)(=O)c1ccc(Cl)cc1)c1ccc(O)cc1O. The Labute approximate surface area is 131 Å². The van der Waals surface area contributed by atoms with Gasteiger partial charge in [0.25, 0.3) is 15.9 Å². The Morgan fingerprint density at radius 2 is 1.68 bits per heavy atom. The minimum Gasteiger partial charge on any atom is -0.508 e. The zero-order valence-corrected chi connectivity index (χ0v) is 12.5. The van der Waals surface area contributed by atoms with Crippen molar-refractivity contribution in [2.24, 2.45) is 0 Å². The molecule has 0 radical (unpaired) electrons. The van der Waals surface area contributed by atoms with Gasteiger partial charge < -0.3 is 10.2 Å². The average molecular weight is 343 g/mol. The van der Waals surface area contributed by atoms with E-state index in [-0.39, 0.29) is 16.2 Å². The van der Waals surface area contributed by atoms with Gasteiger partial charge in [-0.1, -0.05) is 11.6 Å². The Kier molecular flexibility index (Phi) is 4.55. The first kappa shape index (κ1) is 16.1. The van der Waals surface area contributed by atoms with Crippen molar-refractivity contribution in [3.8, 4) is 11.5 Å². The molecule has 0 fully saturated rings. The van der Waals surface area contributed by atoms with Gasteiger partial charge in [-0.15, -0.1) is 4.83 Å². The maximum Gasteiger partial charge on any atom is 0.269 e. The lowest BCUT2D eigenvalue weighted by Gasteiger charge is -2.09. The summed E-state index contributed by atoms with van der Waals surface area (Å²) in [7, 11) is -3.97. The van der Waals surface area contributed by atoms with E-state index < -0.39 is 21.7 Å². The molecule has 0 bridgehead atoms. The van der Waals surface area contributed by atoms with Gasteiger partial charge in [-0.05, 0) is 36.4 Å². The zero-order valence-electron chi connectivity index (χ0n) is 10.9. The molecule has 2 rings (SSSR count). The standard InChI is InChI=1S/C13H11ClN2O5S/c14-8-1-4-10(5-2-8)22(20,21)16-15-13(19)11-6-3-9(17)7-12(11)18/h1-7,16-18H,(H,15,19). The van der Waals surface area contributed by atoms with E-state index in [9.17, 15) is 18.3 Å². The second-order valence-corrected chi connectivity index (χ2v) is 6.33. The maximum atomic E-state index is 11.9. The van der Waals surface area contributed by atoms with Crippen LogP contribution in [0.15, 0.2) is 47.4 Å². The fraction of sp³-hybridized carbons (Fsp3) is 0. The van der Waals surface area contributed by atoms with Crippen LogP contribution in [0.25, 0.3) is 0 Å². The van der Waals surface area contributed by atoms with Crippen LogP contribution < -0.4 is 10.3 Å². The first-order chi connectivity index (χ1) is 10.3. The van der Waals surface area contributed by atoms with Gasteiger partial charge in [0.05, 0.1) is 10.5 Å². The molecule has 0 saturated carbocycles. The van der Waals surface area contributed by atoms with E-state index in [1.807, 2.05) is 10.3 Å². The van der Waals surface area contributed by atoms with Crippen molar-refractivity contribution >= 4 is 27.5 Å². The number of rotatable bonds is 4. The van der Waals surface area contributed by atoms with Gasteiger partial charge in [0, 0.05) is 11.1 Å². The molecule has 1 amide bonds. The van der Waals surface area contributed by atoms with Gasteiger partial charge in [-0.3, -0.25) is 10.2 Å². The predicted molar refractivity (Wildman–Crippen MR) is 79.0 cm³/mol. The molecule has 116 valence electrons. The van der Waals surface area contributed by atoms with E-state index >= 15 is 0 Å². The third-order valence-electron chi connectivity index (χ3n) is 2.65. The van der Waals surface area contributed by atoms with Gasteiger partial charge in [-0.2, -0.15) is 0 Å². The number of hydrogen-bond acceptors (Lipinski definition) is 5. The van der Waals surface area contributed by atoms with Crippen LogP contribution in [-0.4, -0.2) is 24.5 Å². The van der Waals surface area contributed by atoms with Gasteiger partial charge >= 0.3 is 0 Å². The molecule has 9 heteroatoms. The Morgan fingerprint density at radius 3 is 2.27 bits per heavy atom. The molecule has 0 aliphatic heterocycles. The lowest BCUT2D eigenvalue weighted by Crippen LogP contribution is -2.41. The summed E-state index contributed by atoms with van der Waals surface area (Å²) in [5, 5.41) is 19.0. The smallest absolute Gasteiger partial charge is 0.269 e. The van der Waals surface area contributed by atoms with E-state index in [0.717, 1.165) is 12.1 Å². The molecule has 2 aromatic carbocycles. The summed E-state index contributed by atoms with van der Waals surface area (Å²) in [5.41, 5.74) is 1.76. The number of carbonyl (C=O) groups is 1. The molecule has 0 aliphatic rings. The molecule has 0 spiro atoms. The first-order valence-electron chi connectivity index (χ1n) is 5.89. The van der Waals surface area contributed by atoms with Crippen molar-refractivity contribution < 1.29 is 23.4 Å². The Hall–Kier alpha value is -2.29. The number of aromatic hydroxyl groups is 2. The minimum absolute atomic E-state index is 0.0906. The highest BCUT2D eigenvalue weighted by Gasteiger charge is 2.17. The van der Waals surface area contributed by atoms with Crippen molar-refractivity contribution in [3.05, 3.63) is 53.1 Å². The Balaban J connectivity index is 2.11. The number of amides is 1. The van der Waals surface area contributed by atoms with Crippen LogP contribution in [-0.2, 0) is 10.0 Å². The highest BCUT2D eigenvalue weighted by atomic mass is 35.5. The monoisotopic (exact) mass is 342 g/mol. The molecular weight excluding hydrogens is 332 g/mol. The van der Waals surface area contributed by atoms with E-state index in [1.54, 1.807) is 0 Å². The van der Waals surface area contributed by atoms with Crippen LogP contribution in [0, 0.1) is 0 Å². The van der Waals surface area contributed by atoms with Crippen LogP contribution in [0.2, 0.25) is 5.02 Å². The van der Waals surface area contributed by atoms with Crippen molar-refractivity contribution in [2.75, 3.05) is 0 Å². The predicted octanol–water partition coefficient (Wildman–Crippen LogP) is 1.37. The van der Waals surface area contributed by atoms with Gasteiger partial charge in [0.15, 0.2) is 0 Å². The van der Waals surface area contributed by atoms with Crippen molar-refractivity contribution in [2.45, 2.75) is 4.90 Å². The van der Waals surface area contributed by atoms with Crippen molar-refractivity contribution in [1.29, 1.82) is 0 Å². The topological polar surface area (TPSA) is 116 Å². The summed E-state index contributed by atoms with van der Waals surface area (Å²) in [5.74, 6) is -1.59. The third-order valence-corrected chi connectivity index (χ3v) is 4.16. The van der Waals surface area contributed by atoms with E-state index in [0.29, 0.717) is 5.02 Å². The van der Waals surface area contributed by atoms with E-state index in [1.165, 1.54) is 30.3 Å². The summed E-state index contributed by atoms with van der Waals surface area (Å²) in [6, 6.07) is 8.62. The Bertz CT molecular complexity index is 806. The first-order valence-corrected chi connectivity index (χ1v) is 7.75. The summed E-state index contributed by atoms with van der Waals surface area (Å²) in [6.07, 6.45) is 0. The van der Waals surface area contributed by atoms with Crippen LogP contribution in [0.4, 0.5) is 0 Å². The van der Waals surface area contributed by atoms with Crippen LogP contribution in [0.5, 0.6) is 11.5 Å². The number of phenolic OH excluding ortho intramolecular Hbond substituents is 2. The average Bonchev–Trinajstić information content (AvgIpc) is 2.45. The molecule has 0 unspecified atom stereocenters. The quantitative estimate of drug-likeness (QED) is 0.626. The molecule has 0 saturated heterocycles. The number of hydrazine groups is 1. The molecule has 4 N–H and O–H groups in total. The van der Waals surface area contributed by atoms with Gasteiger partial charge in [-0.25, -0.2) is 8.42 Å². The summed E-state index contributed by atoms with van der Waals surface area (Å²) >= 11 is 5.67. The van der Waals surface area contributed by atoms with Crippen molar-refractivity contribution in [1.82, 2.24) is 10.3 Å². The van der Waals surface area contributed by atoms with Gasteiger partial charge in [0.1, 0.15) is 11.5 Å². The normalized spacial score (nSPS) is 11.1. The largest absolute Gasteiger partial charge is 0.508 e. The van der Waals surface area contributed by atoms with Crippen molar-refractivity contribution in [3.63, 3.8) is 0 Å². The summed E-state index contributed by atoms with van der Waals surface area (Å²) < 4.78 is 23.9. The number of halogens is 1. The molecular formula is C13H11ClN2O5S. The highest BCUT2D eigenvalue weighted by Crippen LogP contribution is 2.22. The fourth-order valence-corrected chi connectivity index (χ4v) is 2.53. The van der Waals surface area contributed by atoms with E-state index in [2.05, 4.69) is 0 Å². The molecule has 22 heavy (non-hydrogen) atoms. The maximum absolute atomic E-state index is 11.9.